The van der Waals surface area contributed by atoms with Gasteiger partial charge in [-0.15, -0.1) is 12.4 Å². The molecular formula is C10H9ClN2O2. The molecule has 2 rings (SSSR count). The third-order valence-corrected chi connectivity index (χ3v) is 2.13. The van der Waals surface area contributed by atoms with Crippen LogP contribution in [0, 0.1) is 11.3 Å². The Balaban J connectivity index is 0.00000112. The number of hydrogen-bond acceptors (Lipinski definition) is 3. The highest BCUT2D eigenvalue weighted by Gasteiger charge is 2.25. The molecule has 78 valence electrons. The average Bonchev–Trinajstić information content (AvgIpc) is 2.65. The van der Waals surface area contributed by atoms with Crippen LogP contribution in [0.3, 0.4) is 0 Å². The molecule has 0 spiro atoms. The number of amides is 1. The molecule has 0 aromatic heterocycles. The minimum atomic E-state index is -0.428. The van der Waals surface area contributed by atoms with E-state index in [-0.39, 0.29) is 25.1 Å². The summed E-state index contributed by atoms with van der Waals surface area (Å²) in [5, 5.41) is 11.5. The molecule has 1 aliphatic rings. The van der Waals surface area contributed by atoms with Crippen LogP contribution in [-0.2, 0) is 4.74 Å². The molecule has 1 atom stereocenters. The molecular weight excluding hydrogens is 216 g/mol. The molecule has 1 saturated heterocycles. The van der Waals surface area contributed by atoms with Gasteiger partial charge in [-0.05, 0) is 11.6 Å². The average molecular weight is 225 g/mol. The van der Waals surface area contributed by atoms with Crippen molar-refractivity contribution in [2.75, 3.05) is 6.61 Å². The lowest BCUT2D eigenvalue weighted by Gasteiger charge is -2.08. The zero-order valence-corrected chi connectivity index (χ0v) is 8.58. The summed E-state index contributed by atoms with van der Waals surface area (Å²) in [6.45, 7) is 0.289. The van der Waals surface area contributed by atoms with Gasteiger partial charge in [0, 0.05) is 0 Å². The first-order valence-electron chi connectivity index (χ1n) is 4.23. The van der Waals surface area contributed by atoms with Crippen molar-refractivity contribution in [3.8, 4) is 6.07 Å². The van der Waals surface area contributed by atoms with E-state index < -0.39 is 6.09 Å². The summed E-state index contributed by atoms with van der Waals surface area (Å²) < 4.78 is 4.76. The van der Waals surface area contributed by atoms with E-state index in [0.29, 0.717) is 5.56 Å². The second-order valence-electron chi connectivity index (χ2n) is 2.99. The third-order valence-electron chi connectivity index (χ3n) is 2.13. The Morgan fingerprint density at radius 1 is 1.47 bits per heavy atom. The maximum Gasteiger partial charge on any atom is 0.407 e. The van der Waals surface area contributed by atoms with Crippen molar-refractivity contribution in [1.29, 1.82) is 5.26 Å². The molecule has 0 aliphatic carbocycles. The zero-order chi connectivity index (χ0) is 9.97. The summed E-state index contributed by atoms with van der Waals surface area (Å²) >= 11 is 0. The number of nitrogens with zero attached hydrogens (tertiary/aromatic N) is 1. The SMILES string of the molecule is Cl.N#Cc1ccccc1[C@H]1COC(=O)N1. The van der Waals surface area contributed by atoms with Crippen molar-refractivity contribution in [2.45, 2.75) is 6.04 Å². The van der Waals surface area contributed by atoms with Gasteiger partial charge in [0.2, 0.25) is 0 Å². The molecule has 0 saturated carbocycles. The lowest BCUT2D eigenvalue weighted by Crippen LogP contribution is -2.19. The summed E-state index contributed by atoms with van der Waals surface area (Å²) in [6, 6.07) is 9.05. The summed E-state index contributed by atoms with van der Waals surface area (Å²) in [5.74, 6) is 0. The van der Waals surface area contributed by atoms with E-state index in [9.17, 15) is 4.79 Å². The smallest absolute Gasteiger partial charge is 0.407 e. The number of hydrogen-bond donors (Lipinski definition) is 1. The summed E-state index contributed by atoms with van der Waals surface area (Å²) in [6.07, 6.45) is -0.428. The van der Waals surface area contributed by atoms with Crippen LogP contribution in [0.25, 0.3) is 0 Å². The van der Waals surface area contributed by atoms with E-state index in [1.54, 1.807) is 12.1 Å². The van der Waals surface area contributed by atoms with Crippen molar-refractivity contribution < 1.29 is 9.53 Å². The van der Waals surface area contributed by atoms with Crippen LogP contribution in [-0.4, -0.2) is 12.7 Å². The van der Waals surface area contributed by atoms with Crippen LogP contribution < -0.4 is 5.32 Å². The molecule has 1 heterocycles. The van der Waals surface area contributed by atoms with Gasteiger partial charge < -0.3 is 10.1 Å². The fraction of sp³-hybridized carbons (Fsp3) is 0.200. The van der Waals surface area contributed by atoms with Crippen LogP contribution in [0.15, 0.2) is 24.3 Å². The van der Waals surface area contributed by atoms with Gasteiger partial charge in [-0.3, -0.25) is 0 Å². The Hall–Kier alpha value is -1.73. The largest absolute Gasteiger partial charge is 0.447 e. The molecule has 1 amide bonds. The Bertz CT molecular complexity index is 414. The van der Waals surface area contributed by atoms with Crippen molar-refractivity contribution in [3.63, 3.8) is 0 Å². The zero-order valence-electron chi connectivity index (χ0n) is 7.77. The Morgan fingerprint density at radius 3 is 2.80 bits per heavy atom. The highest BCUT2D eigenvalue weighted by molar-refractivity contribution is 5.85. The normalized spacial score (nSPS) is 18.3. The van der Waals surface area contributed by atoms with Gasteiger partial charge in [-0.2, -0.15) is 5.26 Å². The first-order valence-corrected chi connectivity index (χ1v) is 4.23. The Morgan fingerprint density at radius 2 is 2.20 bits per heavy atom. The van der Waals surface area contributed by atoms with Gasteiger partial charge in [0.05, 0.1) is 17.7 Å². The summed E-state index contributed by atoms with van der Waals surface area (Å²) in [4.78, 5) is 10.8. The highest BCUT2D eigenvalue weighted by Crippen LogP contribution is 2.21. The van der Waals surface area contributed by atoms with Gasteiger partial charge >= 0.3 is 6.09 Å². The van der Waals surface area contributed by atoms with Gasteiger partial charge in [0.25, 0.3) is 0 Å². The van der Waals surface area contributed by atoms with E-state index >= 15 is 0 Å². The van der Waals surface area contributed by atoms with Gasteiger partial charge in [0.1, 0.15) is 6.61 Å². The first kappa shape index (κ1) is 11.3. The van der Waals surface area contributed by atoms with Crippen LogP contribution in [0.5, 0.6) is 0 Å². The Kier molecular flexibility index (Phi) is 3.53. The standard InChI is InChI=1S/C10H8N2O2.ClH/c11-5-7-3-1-2-4-8(7)9-6-14-10(13)12-9;/h1-4,9H,6H2,(H,12,13);1H/t9-;/m1./s1. The molecule has 1 N–H and O–H groups in total. The predicted molar refractivity (Wildman–Crippen MR) is 55.6 cm³/mol. The summed E-state index contributed by atoms with van der Waals surface area (Å²) in [7, 11) is 0. The lowest BCUT2D eigenvalue weighted by molar-refractivity contribution is 0.177. The first-order chi connectivity index (χ1) is 6.81. The maximum atomic E-state index is 10.8. The molecule has 0 bridgehead atoms. The van der Waals surface area contributed by atoms with E-state index in [1.165, 1.54) is 0 Å². The van der Waals surface area contributed by atoms with E-state index in [2.05, 4.69) is 11.4 Å². The molecule has 0 unspecified atom stereocenters. The van der Waals surface area contributed by atoms with Crippen LogP contribution in [0.4, 0.5) is 4.79 Å². The number of carbonyl (C=O) groups excluding carboxylic acids is 1. The van der Waals surface area contributed by atoms with E-state index in [4.69, 9.17) is 10.00 Å². The van der Waals surface area contributed by atoms with Crippen molar-refractivity contribution in [3.05, 3.63) is 35.4 Å². The number of benzene rings is 1. The van der Waals surface area contributed by atoms with Gasteiger partial charge in [-0.25, -0.2) is 4.79 Å². The highest BCUT2D eigenvalue weighted by atomic mass is 35.5. The number of alkyl carbamates (subject to hydrolysis) is 1. The molecule has 5 heteroatoms. The van der Waals surface area contributed by atoms with Crippen LogP contribution >= 0.6 is 12.4 Å². The van der Waals surface area contributed by atoms with Crippen molar-refractivity contribution in [1.82, 2.24) is 5.32 Å². The number of cyclic esters (lactones) is 1. The molecule has 1 aliphatic heterocycles. The second kappa shape index (κ2) is 4.67. The number of halogens is 1. The van der Waals surface area contributed by atoms with Crippen molar-refractivity contribution >= 4 is 18.5 Å². The number of rotatable bonds is 1. The minimum Gasteiger partial charge on any atom is -0.447 e. The van der Waals surface area contributed by atoms with Crippen LogP contribution in [0.1, 0.15) is 17.2 Å². The number of nitriles is 1. The molecule has 1 fully saturated rings. The molecule has 15 heavy (non-hydrogen) atoms. The molecule has 1 aromatic carbocycles. The monoisotopic (exact) mass is 224 g/mol. The third kappa shape index (κ3) is 2.20. The Labute approximate surface area is 93.3 Å². The fourth-order valence-corrected chi connectivity index (χ4v) is 1.45. The fourth-order valence-electron chi connectivity index (χ4n) is 1.45. The quantitative estimate of drug-likeness (QED) is 0.791. The number of carbonyl (C=O) groups is 1. The molecule has 4 nitrogen and oxygen atoms in total. The maximum absolute atomic E-state index is 10.8. The van der Waals surface area contributed by atoms with E-state index in [0.717, 1.165) is 5.56 Å². The van der Waals surface area contributed by atoms with E-state index in [1.807, 2.05) is 12.1 Å². The topological polar surface area (TPSA) is 62.1 Å². The van der Waals surface area contributed by atoms with Crippen molar-refractivity contribution in [2.24, 2.45) is 0 Å². The predicted octanol–water partition coefficient (Wildman–Crippen LogP) is 1.76. The second-order valence-corrected chi connectivity index (χ2v) is 2.99. The van der Waals surface area contributed by atoms with Crippen LogP contribution in [0.2, 0.25) is 0 Å². The van der Waals surface area contributed by atoms with Gasteiger partial charge in [-0.1, -0.05) is 18.2 Å². The lowest BCUT2D eigenvalue weighted by atomic mass is 10.0. The minimum absolute atomic E-state index is 0. The molecule has 1 aromatic rings. The summed E-state index contributed by atoms with van der Waals surface area (Å²) in [5.41, 5.74) is 1.38. The number of nitrogens with one attached hydrogen (secondary N) is 1. The number of ether oxygens (including phenoxy) is 1. The van der Waals surface area contributed by atoms with Gasteiger partial charge in [0.15, 0.2) is 0 Å². The molecule has 0 radical (unpaired) electrons.